The summed E-state index contributed by atoms with van der Waals surface area (Å²) in [5, 5.41) is 0. The molecule has 5 heteroatoms. The maximum atomic E-state index is 12.6. The molecular weight excluding hydrogens is 302 g/mol. The third kappa shape index (κ3) is 4.50. The lowest BCUT2D eigenvalue weighted by molar-refractivity contribution is -0.136. The second-order valence-electron chi connectivity index (χ2n) is 8.16. The van der Waals surface area contributed by atoms with E-state index in [0.29, 0.717) is 18.1 Å². The first-order chi connectivity index (χ1) is 11.5. The van der Waals surface area contributed by atoms with E-state index >= 15 is 0 Å². The van der Waals surface area contributed by atoms with E-state index in [-0.39, 0.29) is 6.04 Å². The van der Waals surface area contributed by atoms with Gasteiger partial charge in [0, 0.05) is 32.7 Å². The highest BCUT2D eigenvalue weighted by Gasteiger charge is 2.31. The second-order valence-corrected chi connectivity index (χ2v) is 8.16. The normalized spacial score (nSPS) is 32.2. The summed E-state index contributed by atoms with van der Waals surface area (Å²) in [6.45, 7) is 13.9. The van der Waals surface area contributed by atoms with Crippen LogP contribution in [0.5, 0.6) is 0 Å². The molecule has 0 spiro atoms. The predicted octanol–water partition coefficient (Wildman–Crippen LogP) is 1.82. The van der Waals surface area contributed by atoms with Gasteiger partial charge in [-0.1, -0.05) is 0 Å². The maximum absolute atomic E-state index is 12.6. The molecule has 3 saturated heterocycles. The summed E-state index contributed by atoms with van der Waals surface area (Å²) >= 11 is 0. The Labute approximate surface area is 147 Å². The zero-order valence-corrected chi connectivity index (χ0v) is 15.7. The lowest BCUT2D eigenvalue weighted by Gasteiger charge is -2.40. The molecule has 0 N–H and O–H groups in total. The first-order valence-electron chi connectivity index (χ1n) is 9.93. The van der Waals surface area contributed by atoms with E-state index in [2.05, 4.69) is 35.5 Å². The lowest BCUT2D eigenvalue weighted by Crippen LogP contribution is -2.51. The molecule has 0 saturated carbocycles. The topological polar surface area (TPSA) is 36.0 Å². The maximum Gasteiger partial charge on any atom is 0.239 e. The second kappa shape index (κ2) is 8.15. The molecule has 138 valence electrons. The number of morpholine rings is 1. The van der Waals surface area contributed by atoms with Crippen LogP contribution < -0.4 is 0 Å². The number of hydrogen-bond acceptors (Lipinski definition) is 4. The molecule has 24 heavy (non-hydrogen) atoms. The van der Waals surface area contributed by atoms with E-state index in [1.807, 2.05) is 0 Å². The molecule has 3 aliphatic heterocycles. The van der Waals surface area contributed by atoms with Gasteiger partial charge in [-0.25, -0.2) is 0 Å². The Morgan fingerprint density at radius 2 is 1.62 bits per heavy atom. The van der Waals surface area contributed by atoms with Gasteiger partial charge in [-0.3, -0.25) is 14.6 Å². The van der Waals surface area contributed by atoms with Gasteiger partial charge in [0.2, 0.25) is 5.91 Å². The van der Waals surface area contributed by atoms with E-state index in [9.17, 15) is 4.79 Å². The standard InChI is InChI=1S/C19H35N3O2/c1-15-12-20(13-16(2)24-15)14-18-6-10-21(11-7-18)17(3)19(23)22-8-4-5-9-22/h15-18H,4-14H2,1-3H3/t15-,16-,17+/m1/s1. The Kier molecular flexibility index (Phi) is 6.17. The van der Waals surface area contributed by atoms with Gasteiger partial charge in [0.1, 0.15) is 0 Å². The molecule has 3 fully saturated rings. The van der Waals surface area contributed by atoms with Crippen molar-refractivity contribution in [2.24, 2.45) is 5.92 Å². The number of ether oxygens (including phenoxy) is 1. The molecular formula is C19H35N3O2. The highest BCUT2D eigenvalue weighted by atomic mass is 16.5. The number of carbonyl (C=O) groups excluding carboxylic acids is 1. The van der Waals surface area contributed by atoms with E-state index in [0.717, 1.165) is 45.2 Å². The number of hydrogen-bond donors (Lipinski definition) is 0. The number of carbonyl (C=O) groups is 1. The fourth-order valence-corrected chi connectivity index (χ4v) is 4.68. The van der Waals surface area contributed by atoms with E-state index in [1.165, 1.54) is 32.2 Å². The number of amides is 1. The lowest BCUT2D eigenvalue weighted by atomic mass is 9.94. The number of nitrogens with zero attached hydrogens (tertiary/aromatic N) is 3. The van der Waals surface area contributed by atoms with Crippen LogP contribution in [0.1, 0.15) is 46.5 Å². The van der Waals surface area contributed by atoms with Gasteiger partial charge in [-0.2, -0.15) is 0 Å². The molecule has 1 amide bonds. The Balaban J connectivity index is 1.42. The van der Waals surface area contributed by atoms with Crippen molar-refractivity contribution in [3.8, 4) is 0 Å². The van der Waals surface area contributed by atoms with Gasteiger partial charge in [-0.05, 0) is 65.5 Å². The highest BCUT2D eigenvalue weighted by Crippen LogP contribution is 2.23. The monoisotopic (exact) mass is 337 g/mol. The van der Waals surface area contributed by atoms with Crippen LogP contribution in [-0.2, 0) is 9.53 Å². The zero-order valence-electron chi connectivity index (χ0n) is 15.7. The van der Waals surface area contributed by atoms with Crippen molar-refractivity contribution in [2.75, 3.05) is 45.8 Å². The predicted molar refractivity (Wildman–Crippen MR) is 96.0 cm³/mol. The average molecular weight is 338 g/mol. The summed E-state index contributed by atoms with van der Waals surface area (Å²) in [4.78, 5) is 19.6. The molecule has 0 radical (unpaired) electrons. The van der Waals surface area contributed by atoms with Gasteiger partial charge in [0.05, 0.1) is 18.2 Å². The first kappa shape index (κ1) is 18.2. The quantitative estimate of drug-likeness (QED) is 0.784. The summed E-state index contributed by atoms with van der Waals surface area (Å²) in [6, 6.07) is 0.0625. The third-order valence-corrected chi connectivity index (χ3v) is 5.98. The van der Waals surface area contributed by atoms with Crippen molar-refractivity contribution in [3.63, 3.8) is 0 Å². The van der Waals surface area contributed by atoms with Gasteiger partial charge in [0.15, 0.2) is 0 Å². The Hall–Kier alpha value is -0.650. The van der Waals surface area contributed by atoms with E-state index in [1.54, 1.807) is 0 Å². The minimum atomic E-state index is 0.0625. The van der Waals surface area contributed by atoms with Crippen LogP contribution in [0.15, 0.2) is 0 Å². The Bertz CT molecular complexity index is 407. The summed E-state index contributed by atoms with van der Waals surface area (Å²) in [6.07, 6.45) is 5.50. The van der Waals surface area contributed by atoms with Crippen molar-refractivity contribution in [2.45, 2.75) is 64.7 Å². The van der Waals surface area contributed by atoms with Gasteiger partial charge < -0.3 is 9.64 Å². The smallest absolute Gasteiger partial charge is 0.239 e. The molecule has 0 aromatic rings. The number of likely N-dealkylation sites (tertiary alicyclic amines) is 2. The zero-order chi connectivity index (χ0) is 17.1. The van der Waals surface area contributed by atoms with Gasteiger partial charge in [-0.15, -0.1) is 0 Å². The summed E-state index contributed by atoms with van der Waals surface area (Å²) in [5.74, 6) is 1.12. The summed E-state index contributed by atoms with van der Waals surface area (Å²) in [5.41, 5.74) is 0. The van der Waals surface area contributed by atoms with Crippen molar-refractivity contribution in [1.82, 2.24) is 14.7 Å². The van der Waals surface area contributed by atoms with Crippen LogP contribution in [-0.4, -0.2) is 84.7 Å². The minimum absolute atomic E-state index is 0.0625. The fraction of sp³-hybridized carbons (Fsp3) is 0.947. The van der Waals surface area contributed by atoms with Crippen LogP contribution in [0.25, 0.3) is 0 Å². The SMILES string of the molecule is C[C@@H]1CN(CC2CCN([C@@H](C)C(=O)N3CCCC3)CC2)C[C@@H](C)O1. The average Bonchev–Trinajstić information content (AvgIpc) is 3.07. The minimum Gasteiger partial charge on any atom is -0.373 e. The molecule has 3 rings (SSSR count). The summed E-state index contributed by atoms with van der Waals surface area (Å²) < 4.78 is 5.84. The van der Waals surface area contributed by atoms with Gasteiger partial charge in [0.25, 0.3) is 0 Å². The Morgan fingerprint density at radius 3 is 2.21 bits per heavy atom. The van der Waals surface area contributed by atoms with Gasteiger partial charge >= 0.3 is 0 Å². The molecule has 3 atom stereocenters. The van der Waals surface area contributed by atoms with Crippen LogP contribution >= 0.6 is 0 Å². The molecule has 0 unspecified atom stereocenters. The molecule has 3 aliphatic rings. The molecule has 0 aromatic carbocycles. The molecule has 5 nitrogen and oxygen atoms in total. The molecule has 0 aliphatic carbocycles. The third-order valence-electron chi connectivity index (χ3n) is 5.98. The Morgan fingerprint density at radius 1 is 1.04 bits per heavy atom. The largest absolute Gasteiger partial charge is 0.373 e. The van der Waals surface area contributed by atoms with Crippen LogP contribution in [0.2, 0.25) is 0 Å². The van der Waals surface area contributed by atoms with E-state index in [4.69, 9.17) is 4.74 Å². The van der Waals surface area contributed by atoms with Crippen molar-refractivity contribution in [1.29, 1.82) is 0 Å². The van der Waals surface area contributed by atoms with Crippen molar-refractivity contribution >= 4 is 5.91 Å². The van der Waals surface area contributed by atoms with Crippen LogP contribution in [0.3, 0.4) is 0 Å². The number of rotatable bonds is 4. The van der Waals surface area contributed by atoms with Crippen molar-refractivity contribution < 1.29 is 9.53 Å². The highest BCUT2D eigenvalue weighted by molar-refractivity contribution is 5.81. The molecule has 3 heterocycles. The van der Waals surface area contributed by atoms with Crippen LogP contribution in [0.4, 0.5) is 0 Å². The first-order valence-corrected chi connectivity index (χ1v) is 9.93. The molecule has 0 aromatic heterocycles. The van der Waals surface area contributed by atoms with Crippen molar-refractivity contribution in [3.05, 3.63) is 0 Å². The summed E-state index contributed by atoms with van der Waals surface area (Å²) in [7, 11) is 0. The van der Waals surface area contributed by atoms with Crippen LogP contribution in [0, 0.1) is 5.92 Å². The number of piperidine rings is 1. The van der Waals surface area contributed by atoms with E-state index < -0.39 is 0 Å². The fourth-order valence-electron chi connectivity index (χ4n) is 4.68. The molecule has 0 bridgehead atoms.